The van der Waals surface area contributed by atoms with E-state index in [1.165, 1.54) is 10.5 Å². The quantitative estimate of drug-likeness (QED) is 0.602. The lowest BCUT2D eigenvalue weighted by Crippen LogP contribution is -2.15. The summed E-state index contributed by atoms with van der Waals surface area (Å²) in [4.78, 5) is 1.32. The number of nitrogens with one attached hydrogen (secondary N) is 1. The van der Waals surface area contributed by atoms with Crippen molar-refractivity contribution < 1.29 is 4.74 Å². The van der Waals surface area contributed by atoms with Crippen molar-refractivity contribution in [2.24, 2.45) is 0 Å². The lowest BCUT2D eigenvalue weighted by Gasteiger charge is -2.05. The van der Waals surface area contributed by atoms with Gasteiger partial charge in [0.25, 0.3) is 0 Å². The molecule has 0 fully saturated rings. The predicted octanol–water partition coefficient (Wildman–Crippen LogP) is 2.96. The Morgan fingerprint density at radius 2 is 1.94 bits per heavy atom. The van der Waals surface area contributed by atoms with Crippen LogP contribution in [0.1, 0.15) is 12.0 Å². The summed E-state index contributed by atoms with van der Waals surface area (Å²) >= 11 is 1.78. The van der Waals surface area contributed by atoms with Crippen LogP contribution in [0.4, 0.5) is 0 Å². The van der Waals surface area contributed by atoms with Crippen LogP contribution in [-0.2, 0) is 11.3 Å². The lowest BCUT2D eigenvalue weighted by molar-refractivity contribution is 0.194. The number of halogens is 1. The molecule has 4 heteroatoms. The number of hydrogen-bond donors (Lipinski definition) is 1. The largest absolute Gasteiger partial charge is 0.385 e. The molecule has 0 saturated carbocycles. The van der Waals surface area contributed by atoms with Crippen molar-refractivity contribution in [1.82, 2.24) is 5.32 Å². The number of methoxy groups -OCH3 is 1. The molecule has 0 spiro atoms. The van der Waals surface area contributed by atoms with E-state index in [0.29, 0.717) is 0 Å². The van der Waals surface area contributed by atoms with Gasteiger partial charge in [0.2, 0.25) is 0 Å². The van der Waals surface area contributed by atoms with Crippen LogP contribution in [0.25, 0.3) is 0 Å². The molecule has 0 aliphatic heterocycles. The second-order valence-corrected chi connectivity index (χ2v) is 4.25. The maximum Gasteiger partial charge on any atom is 0.0474 e. The Kier molecular flexibility index (Phi) is 9.83. The molecular weight excluding hydrogens is 242 g/mol. The Bertz CT molecular complexity index is 266. The fraction of sp³-hybridized carbons (Fsp3) is 0.500. The van der Waals surface area contributed by atoms with E-state index in [1.54, 1.807) is 18.9 Å². The summed E-state index contributed by atoms with van der Waals surface area (Å²) in [6, 6.07) is 8.68. The van der Waals surface area contributed by atoms with Gasteiger partial charge in [0.05, 0.1) is 0 Å². The van der Waals surface area contributed by atoms with Gasteiger partial charge in [-0.25, -0.2) is 0 Å². The first-order chi connectivity index (χ1) is 7.36. The molecule has 0 aliphatic carbocycles. The summed E-state index contributed by atoms with van der Waals surface area (Å²) in [6.45, 7) is 2.79. The van der Waals surface area contributed by atoms with E-state index in [9.17, 15) is 0 Å². The Morgan fingerprint density at radius 3 is 2.50 bits per heavy atom. The van der Waals surface area contributed by atoms with Crippen molar-refractivity contribution in [2.45, 2.75) is 17.9 Å². The van der Waals surface area contributed by atoms with Gasteiger partial charge in [-0.2, -0.15) is 0 Å². The van der Waals surface area contributed by atoms with Crippen LogP contribution in [0.15, 0.2) is 29.2 Å². The minimum absolute atomic E-state index is 0. The molecule has 2 nitrogen and oxygen atoms in total. The summed E-state index contributed by atoms with van der Waals surface area (Å²) in [5, 5.41) is 3.39. The molecule has 0 saturated heterocycles. The van der Waals surface area contributed by atoms with Gasteiger partial charge in [-0.3, -0.25) is 0 Å². The average Bonchev–Trinajstić information content (AvgIpc) is 2.30. The Hall–Kier alpha value is -0.220. The van der Waals surface area contributed by atoms with Crippen molar-refractivity contribution in [1.29, 1.82) is 0 Å². The highest BCUT2D eigenvalue weighted by Gasteiger charge is 1.93. The van der Waals surface area contributed by atoms with E-state index in [0.717, 1.165) is 26.1 Å². The van der Waals surface area contributed by atoms with E-state index < -0.39 is 0 Å². The number of hydrogen-bond acceptors (Lipinski definition) is 3. The maximum absolute atomic E-state index is 4.98. The van der Waals surface area contributed by atoms with Gasteiger partial charge < -0.3 is 10.1 Å². The van der Waals surface area contributed by atoms with Crippen molar-refractivity contribution in [3.63, 3.8) is 0 Å². The van der Waals surface area contributed by atoms with E-state index >= 15 is 0 Å². The zero-order valence-corrected chi connectivity index (χ0v) is 11.5. The van der Waals surface area contributed by atoms with Crippen LogP contribution in [0, 0.1) is 0 Å². The smallest absolute Gasteiger partial charge is 0.0474 e. The molecular formula is C12H20ClNOS. The highest BCUT2D eigenvalue weighted by molar-refractivity contribution is 7.98. The Balaban J connectivity index is 0.00000225. The zero-order chi connectivity index (χ0) is 10.9. The van der Waals surface area contributed by atoms with Gasteiger partial charge in [-0.1, -0.05) is 12.1 Å². The SMILES string of the molecule is COCCCNCc1ccc(SC)cc1.Cl. The maximum atomic E-state index is 4.98. The van der Waals surface area contributed by atoms with Crippen molar-refractivity contribution >= 4 is 24.2 Å². The molecule has 1 rings (SSSR count). The Labute approximate surface area is 109 Å². The van der Waals surface area contributed by atoms with Crippen LogP contribution in [-0.4, -0.2) is 26.5 Å². The van der Waals surface area contributed by atoms with Crippen LogP contribution >= 0.6 is 24.2 Å². The zero-order valence-electron chi connectivity index (χ0n) is 9.86. The number of ether oxygens (including phenoxy) is 1. The summed E-state index contributed by atoms with van der Waals surface area (Å²) in [5.74, 6) is 0. The number of rotatable bonds is 7. The van der Waals surface area contributed by atoms with Crippen molar-refractivity contribution in [2.75, 3.05) is 26.5 Å². The van der Waals surface area contributed by atoms with E-state index in [2.05, 4.69) is 35.8 Å². The first kappa shape index (κ1) is 15.8. The molecule has 0 unspecified atom stereocenters. The topological polar surface area (TPSA) is 21.3 Å². The number of thioether (sulfide) groups is 1. The predicted molar refractivity (Wildman–Crippen MR) is 73.7 cm³/mol. The molecule has 0 atom stereocenters. The van der Waals surface area contributed by atoms with Gasteiger partial charge in [0.15, 0.2) is 0 Å². The third-order valence-electron chi connectivity index (χ3n) is 2.19. The van der Waals surface area contributed by atoms with Gasteiger partial charge >= 0.3 is 0 Å². The van der Waals surface area contributed by atoms with Gasteiger partial charge in [0.1, 0.15) is 0 Å². The first-order valence-corrected chi connectivity index (χ1v) is 6.42. The molecule has 0 bridgehead atoms. The van der Waals surface area contributed by atoms with Crippen LogP contribution < -0.4 is 5.32 Å². The molecule has 0 radical (unpaired) electrons. The van der Waals surface area contributed by atoms with Gasteiger partial charge in [0, 0.05) is 25.2 Å². The average molecular weight is 262 g/mol. The molecule has 16 heavy (non-hydrogen) atoms. The molecule has 0 aromatic heterocycles. The minimum Gasteiger partial charge on any atom is -0.385 e. The standard InChI is InChI=1S/C12H19NOS.ClH/c1-14-9-3-8-13-10-11-4-6-12(15-2)7-5-11;/h4-7,13H,3,8-10H2,1-2H3;1H. The summed E-state index contributed by atoms with van der Waals surface area (Å²) < 4.78 is 4.98. The molecule has 0 heterocycles. The van der Waals surface area contributed by atoms with Gasteiger partial charge in [-0.15, -0.1) is 24.2 Å². The summed E-state index contributed by atoms with van der Waals surface area (Å²) in [7, 11) is 1.74. The fourth-order valence-electron chi connectivity index (χ4n) is 1.32. The second kappa shape index (κ2) is 9.97. The molecule has 1 aromatic carbocycles. The van der Waals surface area contributed by atoms with E-state index in [-0.39, 0.29) is 12.4 Å². The van der Waals surface area contributed by atoms with E-state index in [4.69, 9.17) is 4.74 Å². The van der Waals surface area contributed by atoms with Crippen LogP contribution in [0.5, 0.6) is 0 Å². The molecule has 1 aromatic rings. The minimum atomic E-state index is 0. The fourth-order valence-corrected chi connectivity index (χ4v) is 1.73. The summed E-state index contributed by atoms with van der Waals surface area (Å²) in [5.41, 5.74) is 1.34. The molecule has 0 amide bonds. The normalized spacial score (nSPS) is 9.88. The third kappa shape index (κ3) is 6.38. The second-order valence-electron chi connectivity index (χ2n) is 3.37. The van der Waals surface area contributed by atoms with E-state index in [1.807, 2.05) is 0 Å². The first-order valence-electron chi connectivity index (χ1n) is 5.19. The monoisotopic (exact) mass is 261 g/mol. The van der Waals surface area contributed by atoms with Gasteiger partial charge in [-0.05, 0) is 36.9 Å². The van der Waals surface area contributed by atoms with Crippen molar-refractivity contribution in [3.8, 4) is 0 Å². The number of benzene rings is 1. The third-order valence-corrected chi connectivity index (χ3v) is 2.93. The van der Waals surface area contributed by atoms with Crippen LogP contribution in [0.3, 0.4) is 0 Å². The lowest BCUT2D eigenvalue weighted by atomic mass is 10.2. The Morgan fingerprint density at radius 1 is 1.25 bits per heavy atom. The molecule has 1 N–H and O–H groups in total. The summed E-state index contributed by atoms with van der Waals surface area (Å²) in [6.07, 6.45) is 3.16. The highest BCUT2D eigenvalue weighted by atomic mass is 35.5. The highest BCUT2D eigenvalue weighted by Crippen LogP contribution is 2.14. The molecule has 92 valence electrons. The van der Waals surface area contributed by atoms with Crippen LogP contribution in [0.2, 0.25) is 0 Å². The molecule has 0 aliphatic rings. The van der Waals surface area contributed by atoms with Crippen molar-refractivity contribution in [3.05, 3.63) is 29.8 Å².